The van der Waals surface area contributed by atoms with Gasteiger partial charge in [-0.2, -0.15) is 19.3 Å². The van der Waals surface area contributed by atoms with Crippen LogP contribution in [0.3, 0.4) is 0 Å². The molecule has 2 fully saturated rings. The van der Waals surface area contributed by atoms with E-state index in [0.29, 0.717) is 18.7 Å². The summed E-state index contributed by atoms with van der Waals surface area (Å²) in [5, 5.41) is 8.53. The van der Waals surface area contributed by atoms with Crippen LogP contribution in [0.15, 0.2) is 41.6 Å². The molecule has 4 rings (SSSR count). The standard InChI is InChI=1S/C20H27N5O3S/c1-3-23(4-2)29(27,28)19-9-5-15(6-10-19)20(26)24-16-7-8-17(24)14-18(13-16)25-21-11-12-22-25/h5-6,9-12,16-18H,3-4,7-8,13-14H2,1-2H3. The van der Waals surface area contributed by atoms with E-state index < -0.39 is 10.0 Å². The second-order valence-electron chi connectivity index (χ2n) is 7.69. The van der Waals surface area contributed by atoms with Gasteiger partial charge in [0, 0.05) is 30.7 Å². The molecule has 2 atom stereocenters. The van der Waals surface area contributed by atoms with Gasteiger partial charge in [0.05, 0.1) is 23.3 Å². The first-order valence-electron chi connectivity index (χ1n) is 10.2. The van der Waals surface area contributed by atoms with Crippen LogP contribution >= 0.6 is 0 Å². The Morgan fingerprint density at radius 2 is 1.55 bits per heavy atom. The molecule has 0 radical (unpaired) electrons. The minimum absolute atomic E-state index is 0.0174. The number of carbonyl (C=O) groups is 1. The molecule has 8 nitrogen and oxygen atoms in total. The molecule has 9 heteroatoms. The molecule has 0 N–H and O–H groups in total. The summed E-state index contributed by atoms with van der Waals surface area (Å²) in [5.41, 5.74) is 0.538. The average molecular weight is 418 g/mol. The largest absolute Gasteiger partial charge is 0.333 e. The second-order valence-corrected chi connectivity index (χ2v) is 9.62. The molecular formula is C20H27N5O3S. The van der Waals surface area contributed by atoms with Crippen molar-refractivity contribution in [3.05, 3.63) is 42.2 Å². The number of carbonyl (C=O) groups excluding carboxylic acids is 1. The van der Waals surface area contributed by atoms with Crippen LogP contribution in [0.4, 0.5) is 0 Å². The zero-order valence-electron chi connectivity index (χ0n) is 16.8. The van der Waals surface area contributed by atoms with Crippen LogP contribution in [0, 0.1) is 0 Å². The van der Waals surface area contributed by atoms with Gasteiger partial charge in [0.15, 0.2) is 0 Å². The van der Waals surface area contributed by atoms with Gasteiger partial charge in [-0.1, -0.05) is 13.8 Å². The summed E-state index contributed by atoms with van der Waals surface area (Å²) in [6, 6.07) is 6.95. The minimum atomic E-state index is -3.52. The maximum atomic E-state index is 13.2. The number of hydrogen-bond donors (Lipinski definition) is 0. The lowest BCUT2D eigenvalue weighted by Crippen LogP contribution is -2.47. The summed E-state index contributed by atoms with van der Waals surface area (Å²) < 4.78 is 26.7. The van der Waals surface area contributed by atoms with Gasteiger partial charge in [-0.05, 0) is 49.9 Å². The molecule has 2 aliphatic rings. The van der Waals surface area contributed by atoms with Gasteiger partial charge < -0.3 is 4.90 Å². The van der Waals surface area contributed by atoms with E-state index in [4.69, 9.17) is 0 Å². The number of aromatic nitrogens is 3. The Kier molecular flexibility index (Phi) is 5.44. The Bertz CT molecular complexity index is 941. The first-order valence-corrected chi connectivity index (χ1v) is 11.7. The summed E-state index contributed by atoms with van der Waals surface area (Å²) in [5.74, 6) is -0.0174. The maximum absolute atomic E-state index is 13.2. The number of rotatable bonds is 6. The fourth-order valence-electron chi connectivity index (χ4n) is 4.71. The molecule has 2 saturated heterocycles. The molecule has 156 valence electrons. The summed E-state index contributed by atoms with van der Waals surface area (Å²) in [7, 11) is -3.52. The van der Waals surface area contributed by atoms with E-state index in [2.05, 4.69) is 10.2 Å². The number of piperidine rings is 1. The van der Waals surface area contributed by atoms with Crippen molar-refractivity contribution >= 4 is 15.9 Å². The lowest BCUT2D eigenvalue weighted by atomic mass is 9.97. The fourth-order valence-corrected chi connectivity index (χ4v) is 6.17. The SMILES string of the molecule is CCN(CC)S(=O)(=O)c1ccc(C(=O)N2C3CCC2CC(n2nccn2)C3)cc1. The van der Waals surface area contributed by atoms with Gasteiger partial charge >= 0.3 is 0 Å². The number of amides is 1. The van der Waals surface area contributed by atoms with Crippen molar-refractivity contribution in [2.24, 2.45) is 0 Å². The highest BCUT2D eigenvalue weighted by molar-refractivity contribution is 7.89. The lowest BCUT2D eigenvalue weighted by molar-refractivity contribution is 0.0512. The van der Waals surface area contributed by atoms with Crippen molar-refractivity contribution in [1.82, 2.24) is 24.2 Å². The van der Waals surface area contributed by atoms with Crippen LogP contribution in [0.25, 0.3) is 0 Å². The highest BCUT2D eigenvalue weighted by atomic mass is 32.2. The molecule has 3 heterocycles. The predicted molar refractivity (Wildman–Crippen MR) is 108 cm³/mol. The highest BCUT2D eigenvalue weighted by Crippen LogP contribution is 2.41. The number of sulfonamides is 1. The van der Waals surface area contributed by atoms with E-state index in [1.165, 1.54) is 4.31 Å². The lowest BCUT2D eigenvalue weighted by Gasteiger charge is -2.38. The van der Waals surface area contributed by atoms with Crippen molar-refractivity contribution < 1.29 is 13.2 Å². The smallest absolute Gasteiger partial charge is 0.254 e. The third-order valence-corrected chi connectivity index (χ3v) is 8.21. The molecular weight excluding hydrogens is 390 g/mol. The molecule has 2 aromatic rings. The molecule has 29 heavy (non-hydrogen) atoms. The first kappa shape index (κ1) is 20.0. The van der Waals surface area contributed by atoms with Gasteiger partial charge in [0.1, 0.15) is 0 Å². The Morgan fingerprint density at radius 3 is 2.07 bits per heavy atom. The van der Waals surface area contributed by atoms with Crippen molar-refractivity contribution in [3.8, 4) is 0 Å². The first-order chi connectivity index (χ1) is 14.0. The third-order valence-electron chi connectivity index (χ3n) is 6.15. The van der Waals surface area contributed by atoms with E-state index in [1.807, 2.05) is 18.7 Å². The van der Waals surface area contributed by atoms with Crippen LogP contribution in [0.5, 0.6) is 0 Å². The maximum Gasteiger partial charge on any atom is 0.254 e. The van der Waals surface area contributed by atoms with E-state index in [0.717, 1.165) is 25.7 Å². The van der Waals surface area contributed by atoms with Crippen LogP contribution in [-0.2, 0) is 10.0 Å². The molecule has 0 spiro atoms. The second kappa shape index (κ2) is 7.87. The van der Waals surface area contributed by atoms with E-state index >= 15 is 0 Å². The molecule has 2 bridgehead atoms. The van der Waals surface area contributed by atoms with E-state index in [9.17, 15) is 13.2 Å². The zero-order chi connectivity index (χ0) is 20.6. The minimum Gasteiger partial charge on any atom is -0.333 e. The Morgan fingerprint density at radius 1 is 1.00 bits per heavy atom. The van der Waals surface area contributed by atoms with Crippen LogP contribution < -0.4 is 0 Å². The number of benzene rings is 1. The average Bonchev–Trinajstić information content (AvgIpc) is 3.35. The Labute approximate surface area is 171 Å². The van der Waals surface area contributed by atoms with E-state index in [1.54, 1.807) is 41.5 Å². The third kappa shape index (κ3) is 3.57. The molecule has 1 amide bonds. The zero-order valence-corrected chi connectivity index (χ0v) is 17.6. The van der Waals surface area contributed by atoms with Gasteiger partial charge in [-0.3, -0.25) is 4.79 Å². The monoisotopic (exact) mass is 417 g/mol. The number of fused-ring (bicyclic) bond motifs is 2. The van der Waals surface area contributed by atoms with Gasteiger partial charge in [-0.25, -0.2) is 8.42 Å². The van der Waals surface area contributed by atoms with Crippen LogP contribution in [0.2, 0.25) is 0 Å². The van der Waals surface area contributed by atoms with Gasteiger partial charge in [0.2, 0.25) is 10.0 Å². The van der Waals surface area contributed by atoms with Crippen molar-refractivity contribution in [3.63, 3.8) is 0 Å². The normalized spacial score (nSPS) is 24.2. The Hall–Kier alpha value is -2.26. The van der Waals surface area contributed by atoms with Crippen molar-refractivity contribution in [1.29, 1.82) is 0 Å². The summed E-state index contributed by atoms with van der Waals surface area (Å²) in [6.07, 6.45) is 7.06. The van der Waals surface area contributed by atoms with Crippen LogP contribution in [0.1, 0.15) is 55.9 Å². The number of hydrogen-bond acceptors (Lipinski definition) is 5. The fraction of sp³-hybridized carbons (Fsp3) is 0.550. The number of nitrogens with zero attached hydrogens (tertiary/aromatic N) is 5. The summed E-state index contributed by atoms with van der Waals surface area (Å²) >= 11 is 0. The highest BCUT2D eigenvalue weighted by Gasteiger charge is 2.44. The quantitative estimate of drug-likeness (QED) is 0.720. The summed E-state index contributed by atoms with van der Waals surface area (Å²) in [4.78, 5) is 17.2. The molecule has 1 aromatic heterocycles. The van der Waals surface area contributed by atoms with Crippen LogP contribution in [-0.4, -0.2) is 63.7 Å². The van der Waals surface area contributed by atoms with Gasteiger partial charge in [-0.15, -0.1) is 0 Å². The predicted octanol–water partition coefficient (Wildman–Crippen LogP) is 2.32. The molecule has 0 saturated carbocycles. The van der Waals surface area contributed by atoms with Crippen molar-refractivity contribution in [2.75, 3.05) is 13.1 Å². The topological polar surface area (TPSA) is 88.4 Å². The molecule has 2 aliphatic heterocycles. The van der Waals surface area contributed by atoms with Crippen molar-refractivity contribution in [2.45, 2.75) is 62.6 Å². The summed E-state index contributed by atoms with van der Waals surface area (Å²) in [6.45, 7) is 4.47. The molecule has 1 aromatic carbocycles. The van der Waals surface area contributed by atoms with Gasteiger partial charge in [0.25, 0.3) is 5.91 Å². The molecule has 2 unspecified atom stereocenters. The Balaban J connectivity index is 1.51. The van der Waals surface area contributed by atoms with E-state index in [-0.39, 0.29) is 28.9 Å². The molecule has 0 aliphatic carbocycles.